The minimum atomic E-state index is -0.383. The number of benzene rings is 2. The van der Waals surface area contributed by atoms with Gasteiger partial charge in [0.2, 0.25) is 5.91 Å². The molecule has 0 aliphatic rings. The molecule has 3 rings (SSSR count). The number of amides is 1. The maximum atomic E-state index is 13.6. The molecule has 0 spiro atoms. The fraction of sp³-hybridized carbons (Fsp3) is 0.143. The van der Waals surface area contributed by atoms with Crippen LogP contribution in [-0.4, -0.2) is 17.4 Å². The summed E-state index contributed by atoms with van der Waals surface area (Å²) in [4.78, 5) is 16.3. The Hall–Kier alpha value is -2.92. The zero-order valence-corrected chi connectivity index (χ0v) is 15.3. The zero-order valence-electron chi connectivity index (χ0n) is 14.6. The van der Waals surface area contributed by atoms with E-state index in [2.05, 4.69) is 15.6 Å². The smallest absolute Gasteiger partial charge is 0.228 e. The summed E-state index contributed by atoms with van der Waals surface area (Å²) in [5, 5.41) is 6.68. The van der Waals surface area contributed by atoms with E-state index in [-0.39, 0.29) is 18.1 Å². The SMILES string of the molecule is O=C(Cc1ccccc1F)Nc1ccc(NCCc2ccc(Cl)cc2)nc1. The molecule has 0 aliphatic carbocycles. The van der Waals surface area contributed by atoms with Crippen molar-refractivity contribution in [2.24, 2.45) is 0 Å². The normalized spacial score (nSPS) is 10.4. The molecule has 1 amide bonds. The summed E-state index contributed by atoms with van der Waals surface area (Å²) >= 11 is 5.87. The molecule has 0 radical (unpaired) electrons. The molecule has 0 aliphatic heterocycles. The fourth-order valence-corrected chi connectivity index (χ4v) is 2.70. The Balaban J connectivity index is 1.47. The van der Waals surface area contributed by atoms with Gasteiger partial charge in [-0.15, -0.1) is 0 Å². The lowest BCUT2D eigenvalue weighted by atomic mass is 10.1. The van der Waals surface area contributed by atoms with Crippen molar-refractivity contribution in [2.45, 2.75) is 12.8 Å². The van der Waals surface area contributed by atoms with E-state index in [0.717, 1.165) is 23.8 Å². The van der Waals surface area contributed by atoms with Crippen molar-refractivity contribution < 1.29 is 9.18 Å². The minimum absolute atomic E-state index is 0.0201. The molecular weight excluding hydrogens is 365 g/mol. The lowest BCUT2D eigenvalue weighted by Crippen LogP contribution is -2.15. The highest BCUT2D eigenvalue weighted by atomic mass is 35.5. The predicted molar refractivity (Wildman–Crippen MR) is 107 cm³/mol. The summed E-state index contributed by atoms with van der Waals surface area (Å²) in [5.74, 6) is 0.0485. The molecule has 0 unspecified atom stereocenters. The molecule has 0 atom stereocenters. The fourth-order valence-electron chi connectivity index (χ4n) is 2.58. The number of rotatable bonds is 7. The highest BCUT2D eigenvalue weighted by Crippen LogP contribution is 2.13. The third-order valence-electron chi connectivity index (χ3n) is 3.99. The molecule has 3 aromatic rings. The number of nitrogens with one attached hydrogen (secondary N) is 2. The number of halogens is 2. The van der Waals surface area contributed by atoms with Crippen LogP contribution in [0.15, 0.2) is 66.9 Å². The van der Waals surface area contributed by atoms with E-state index in [1.807, 2.05) is 24.3 Å². The molecule has 0 bridgehead atoms. The number of pyridine rings is 1. The Bertz CT molecular complexity index is 898. The van der Waals surface area contributed by atoms with E-state index < -0.39 is 0 Å². The average molecular weight is 384 g/mol. The van der Waals surface area contributed by atoms with Gasteiger partial charge in [0, 0.05) is 11.6 Å². The molecule has 6 heteroatoms. The Kier molecular flexibility index (Phi) is 6.39. The van der Waals surface area contributed by atoms with E-state index >= 15 is 0 Å². The van der Waals surface area contributed by atoms with Crippen molar-refractivity contribution >= 4 is 29.0 Å². The maximum Gasteiger partial charge on any atom is 0.228 e. The molecule has 0 saturated heterocycles. The van der Waals surface area contributed by atoms with Crippen molar-refractivity contribution in [1.82, 2.24) is 4.98 Å². The first-order valence-corrected chi connectivity index (χ1v) is 8.95. The third-order valence-corrected chi connectivity index (χ3v) is 4.24. The van der Waals surface area contributed by atoms with Gasteiger partial charge in [0.1, 0.15) is 11.6 Å². The molecule has 1 heterocycles. The van der Waals surface area contributed by atoms with Crippen LogP contribution in [0.4, 0.5) is 15.9 Å². The second-order valence-electron chi connectivity index (χ2n) is 6.05. The number of hydrogen-bond acceptors (Lipinski definition) is 3. The number of hydrogen-bond donors (Lipinski definition) is 2. The first kappa shape index (κ1) is 18.9. The highest BCUT2D eigenvalue weighted by Gasteiger charge is 2.08. The first-order valence-electron chi connectivity index (χ1n) is 8.58. The average Bonchev–Trinajstić information content (AvgIpc) is 2.67. The Labute approximate surface area is 162 Å². The standard InChI is InChI=1S/C21H19ClFN3O/c22-17-7-5-15(6-8-17)11-12-24-20-10-9-18(14-25-20)26-21(27)13-16-3-1-2-4-19(16)23/h1-10,14H,11-13H2,(H,24,25)(H,26,27). The summed E-state index contributed by atoms with van der Waals surface area (Å²) in [6.07, 6.45) is 2.40. The summed E-state index contributed by atoms with van der Waals surface area (Å²) in [7, 11) is 0. The number of aromatic nitrogens is 1. The van der Waals surface area contributed by atoms with Crippen molar-refractivity contribution in [3.8, 4) is 0 Å². The first-order chi connectivity index (χ1) is 13.1. The van der Waals surface area contributed by atoms with Crippen LogP contribution in [-0.2, 0) is 17.6 Å². The number of carbonyl (C=O) groups is 1. The Morgan fingerprint density at radius 1 is 1.04 bits per heavy atom. The zero-order chi connectivity index (χ0) is 19.1. The van der Waals surface area contributed by atoms with Crippen molar-refractivity contribution in [3.63, 3.8) is 0 Å². The van der Waals surface area contributed by atoms with E-state index in [0.29, 0.717) is 11.3 Å². The van der Waals surface area contributed by atoms with E-state index in [4.69, 9.17) is 11.6 Å². The lowest BCUT2D eigenvalue weighted by Gasteiger charge is -2.08. The quantitative estimate of drug-likeness (QED) is 0.621. The van der Waals surface area contributed by atoms with Crippen LogP contribution in [0.3, 0.4) is 0 Å². The van der Waals surface area contributed by atoms with Gasteiger partial charge in [0.05, 0.1) is 18.3 Å². The van der Waals surface area contributed by atoms with Crippen LogP contribution in [0.5, 0.6) is 0 Å². The van der Waals surface area contributed by atoms with Gasteiger partial charge >= 0.3 is 0 Å². The summed E-state index contributed by atoms with van der Waals surface area (Å²) in [6, 6.07) is 17.5. The van der Waals surface area contributed by atoms with Gasteiger partial charge in [-0.2, -0.15) is 0 Å². The predicted octanol–water partition coefficient (Wildman–Crippen LogP) is 4.71. The minimum Gasteiger partial charge on any atom is -0.370 e. The molecule has 138 valence electrons. The van der Waals surface area contributed by atoms with Crippen LogP contribution in [0, 0.1) is 5.82 Å². The van der Waals surface area contributed by atoms with Gasteiger partial charge in [-0.05, 0) is 47.9 Å². The largest absolute Gasteiger partial charge is 0.370 e. The molecule has 4 nitrogen and oxygen atoms in total. The Morgan fingerprint density at radius 2 is 1.81 bits per heavy atom. The van der Waals surface area contributed by atoms with Crippen LogP contribution in [0.2, 0.25) is 5.02 Å². The molecule has 2 aromatic carbocycles. The summed E-state index contributed by atoms with van der Waals surface area (Å²) in [6.45, 7) is 0.730. The number of nitrogens with zero attached hydrogens (tertiary/aromatic N) is 1. The molecule has 0 saturated carbocycles. The van der Waals surface area contributed by atoms with Crippen molar-refractivity contribution in [2.75, 3.05) is 17.2 Å². The van der Waals surface area contributed by atoms with Gasteiger partial charge in [0.15, 0.2) is 0 Å². The van der Waals surface area contributed by atoms with Crippen LogP contribution < -0.4 is 10.6 Å². The monoisotopic (exact) mass is 383 g/mol. The van der Waals surface area contributed by atoms with Crippen LogP contribution in [0.1, 0.15) is 11.1 Å². The second-order valence-corrected chi connectivity index (χ2v) is 6.49. The van der Waals surface area contributed by atoms with E-state index in [1.54, 1.807) is 36.5 Å². The third kappa shape index (κ3) is 5.79. The summed E-state index contributed by atoms with van der Waals surface area (Å²) in [5.41, 5.74) is 2.12. The van der Waals surface area contributed by atoms with Crippen molar-refractivity contribution in [3.05, 3.63) is 88.8 Å². The summed E-state index contributed by atoms with van der Waals surface area (Å²) < 4.78 is 13.6. The van der Waals surface area contributed by atoms with Gasteiger partial charge in [-0.25, -0.2) is 9.37 Å². The molecular formula is C21H19ClFN3O. The second kappa shape index (κ2) is 9.14. The molecule has 2 N–H and O–H groups in total. The number of anilines is 2. The Morgan fingerprint density at radius 3 is 2.52 bits per heavy atom. The van der Waals surface area contributed by atoms with Crippen LogP contribution in [0.25, 0.3) is 0 Å². The van der Waals surface area contributed by atoms with E-state index in [1.165, 1.54) is 11.6 Å². The number of carbonyl (C=O) groups excluding carboxylic acids is 1. The maximum absolute atomic E-state index is 13.6. The topological polar surface area (TPSA) is 54.0 Å². The van der Waals surface area contributed by atoms with Gasteiger partial charge < -0.3 is 10.6 Å². The van der Waals surface area contributed by atoms with Gasteiger partial charge in [-0.1, -0.05) is 41.9 Å². The van der Waals surface area contributed by atoms with Crippen LogP contribution >= 0.6 is 11.6 Å². The molecule has 0 fully saturated rings. The molecule has 1 aromatic heterocycles. The highest BCUT2D eigenvalue weighted by molar-refractivity contribution is 6.30. The lowest BCUT2D eigenvalue weighted by molar-refractivity contribution is -0.115. The van der Waals surface area contributed by atoms with Gasteiger partial charge in [-0.3, -0.25) is 4.79 Å². The van der Waals surface area contributed by atoms with E-state index in [9.17, 15) is 9.18 Å². The van der Waals surface area contributed by atoms with Gasteiger partial charge in [0.25, 0.3) is 0 Å². The molecule has 27 heavy (non-hydrogen) atoms. The van der Waals surface area contributed by atoms with Crippen molar-refractivity contribution in [1.29, 1.82) is 0 Å².